The van der Waals surface area contributed by atoms with Crippen LogP contribution >= 0.6 is 0 Å². The van der Waals surface area contributed by atoms with Gasteiger partial charge in [0.1, 0.15) is 11.3 Å². The zero-order chi connectivity index (χ0) is 12.0. The van der Waals surface area contributed by atoms with Gasteiger partial charge in [0.2, 0.25) is 0 Å². The van der Waals surface area contributed by atoms with E-state index in [1.54, 1.807) is 0 Å². The van der Waals surface area contributed by atoms with E-state index in [4.69, 9.17) is 9.52 Å². The largest absolute Gasteiger partial charge is 0.481 e. The van der Waals surface area contributed by atoms with Crippen LogP contribution in [0.15, 0.2) is 28.7 Å². The van der Waals surface area contributed by atoms with E-state index < -0.39 is 5.97 Å². The predicted molar refractivity (Wildman–Crippen MR) is 64.1 cm³/mol. The summed E-state index contributed by atoms with van der Waals surface area (Å²) in [4.78, 5) is 10.9. The van der Waals surface area contributed by atoms with E-state index in [0.717, 1.165) is 35.1 Å². The Kier molecular flexibility index (Phi) is 2.05. The average Bonchev–Trinajstić information content (AvgIpc) is 2.90. The van der Waals surface area contributed by atoms with Gasteiger partial charge in [-0.25, -0.2) is 0 Å². The quantitative estimate of drug-likeness (QED) is 0.880. The normalized spacial score (nSPS) is 17.2. The highest BCUT2D eigenvalue weighted by molar-refractivity contribution is 5.84. The second kappa shape index (κ2) is 3.36. The second-order valence-corrected chi connectivity index (χ2v) is 4.93. The van der Waals surface area contributed by atoms with Gasteiger partial charge in [0.05, 0.1) is 6.42 Å². The van der Waals surface area contributed by atoms with Crippen molar-refractivity contribution in [1.29, 1.82) is 0 Å². The van der Waals surface area contributed by atoms with Crippen molar-refractivity contribution < 1.29 is 14.3 Å². The molecule has 1 aliphatic carbocycles. The fraction of sp³-hybridized carbons (Fsp3) is 0.357. The fourth-order valence-electron chi connectivity index (χ4n) is 2.59. The molecule has 0 aliphatic heterocycles. The number of carboxylic acid groups (broad SMARTS) is 1. The summed E-state index contributed by atoms with van der Waals surface area (Å²) in [5.41, 5.74) is 1.74. The number of carboxylic acids is 1. The van der Waals surface area contributed by atoms with Gasteiger partial charge in [-0.1, -0.05) is 18.2 Å². The summed E-state index contributed by atoms with van der Waals surface area (Å²) in [6.07, 6.45) is 2.09. The number of aryl methyl sites for hydroxylation is 1. The first-order valence-corrected chi connectivity index (χ1v) is 5.82. The summed E-state index contributed by atoms with van der Waals surface area (Å²) in [5.74, 6) is 0.140. The van der Waals surface area contributed by atoms with Crippen LogP contribution in [0, 0.1) is 6.92 Å². The number of benzene rings is 1. The maximum atomic E-state index is 10.9. The molecule has 1 aromatic carbocycles. The molecule has 0 saturated heterocycles. The lowest BCUT2D eigenvalue weighted by Gasteiger charge is -2.13. The van der Waals surface area contributed by atoms with Crippen LogP contribution in [0.1, 0.15) is 30.6 Å². The summed E-state index contributed by atoms with van der Waals surface area (Å²) in [6.45, 7) is 1.92. The van der Waals surface area contributed by atoms with E-state index in [-0.39, 0.29) is 11.8 Å². The average molecular weight is 230 g/mol. The Labute approximate surface area is 99.0 Å². The molecule has 1 N–H and O–H groups in total. The number of para-hydroxylation sites is 1. The molecule has 0 spiro atoms. The highest BCUT2D eigenvalue weighted by Crippen LogP contribution is 2.53. The van der Waals surface area contributed by atoms with Crippen molar-refractivity contribution in [1.82, 2.24) is 0 Å². The molecule has 1 heterocycles. The SMILES string of the molecule is Cc1cc2cccc(C3(CC(=O)O)CC3)c2o1. The van der Waals surface area contributed by atoms with Crippen molar-refractivity contribution in [2.45, 2.75) is 31.6 Å². The summed E-state index contributed by atoms with van der Waals surface area (Å²) in [5, 5.41) is 10.1. The van der Waals surface area contributed by atoms with E-state index in [9.17, 15) is 4.79 Å². The van der Waals surface area contributed by atoms with Gasteiger partial charge in [0.25, 0.3) is 0 Å². The molecule has 1 aliphatic rings. The Morgan fingerprint density at radius 2 is 2.24 bits per heavy atom. The van der Waals surface area contributed by atoms with E-state index in [1.165, 1.54) is 0 Å². The summed E-state index contributed by atoms with van der Waals surface area (Å²) >= 11 is 0. The molecular weight excluding hydrogens is 216 g/mol. The molecule has 0 unspecified atom stereocenters. The molecule has 2 aromatic rings. The maximum Gasteiger partial charge on any atom is 0.304 e. The number of rotatable bonds is 3. The summed E-state index contributed by atoms with van der Waals surface area (Å²) in [7, 11) is 0. The van der Waals surface area contributed by atoms with Crippen molar-refractivity contribution in [3.8, 4) is 0 Å². The van der Waals surface area contributed by atoms with Crippen LogP contribution in [0.5, 0.6) is 0 Å². The third-order valence-electron chi connectivity index (χ3n) is 3.58. The number of aliphatic carboxylic acids is 1. The Bertz CT molecular complexity index is 591. The van der Waals surface area contributed by atoms with E-state index in [0.29, 0.717) is 0 Å². The van der Waals surface area contributed by atoms with Gasteiger partial charge < -0.3 is 9.52 Å². The van der Waals surface area contributed by atoms with Gasteiger partial charge in [-0.05, 0) is 25.8 Å². The van der Waals surface area contributed by atoms with Crippen LogP contribution < -0.4 is 0 Å². The number of hydrogen-bond donors (Lipinski definition) is 1. The minimum Gasteiger partial charge on any atom is -0.481 e. The predicted octanol–water partition coefficient (Wildman–Crippen LogP) is 3.25. The third-order valence-corrected chi connectivity index (χ3v) is 3.58. The van der Waals surface area contributed by atoms with Crippen molar-refractivity contribution >= 4 is 16.9 Å². The molecular formula is C14H14O3. The van der Waals surface area contributed by atoms with E-state index in [1.807, 2.05) is 31.2 Å². The van der Waals surface area contributed by atoms with Crippen molar-refractivity contribution in [2.75, 3.05) is 0 Å². The van der Waals surface area contributed by atoms with Crippen LogP contribution in [0.2, 0.25) is 0 Å². The molecule has 0 amide bonds. The molecule has 17 heavy (non-hydrogen) atoms. The Hall–Kier alpha value is -1.77. The lowest BCUT2D eigenvalue weighted by Crippen LogP contribution is -2.13. The minimum absolute atomic E-state index is 0.185. The Balaban J connectivity index is 2.14. The molecule has 1 aromatic heterocycles. The molecule has 1 fully saturated rings. The lowest BCUT2D eigenvalue weighted by molar-refractivity contribution is -0.137. The van der Waals surface area contributed by atoms with Gasteiger partial charge in [-0.3, -0.25) is 4.79 Å². The molecule has 0 radical (unpaired) electrons. The van der Waals surface area contributed by atoms with Crippen LogP contribution in [0.25, 0.3) is 11.0 Å². The molecule has 1 saturated carbocycles. The van der Waals surface area contributed by atoms with Gasteiger partial charge in [-0.15, -0.1) is 0 Å². The first-order chi connectivity index (χ1) is 8.11. The van der Waals surface area contributed by atoms with Gasteiger partial charge in [0.15, 0.2) is 0 Å². The number of furan rings is 1. The van der Waals surface area contributed by atoms with Crippen LogP contribution in [0.4, 0.5) is 0 Å². The zero-order valence-electron chi connectivity index (χ0n) is 9.69. The minimum atomic E-state index is -0.734. The second-order valence-electron chi connectivity index (χ2n) is 4.93. The summed E-state index contributed by atoms with van der Waals surface area (Å²) < 4.78 is 5.71. The van der Waals surface area contributed by atoms with Crippen molar-refractivity contribution in [3.63, 3.8) is 0 Å². The van der Waals surface area contributed by atoms with Crippen LogP contribution in [0.3, 0.4) is 0 Å². The fourth-order valence-corrected chi connectivity index (χ4v) is 2.59. The van der Waals surface area contributed by atoms with Crippen molar-refractivity contribution in [3.05, 3.63) is 35.6 Å². The van der Waals surface area contributed by atoms with Crippen LogP contribution in [-0.4, -0.2) is 11.1 Å². The van der Waals surface area contributed by atoms with Gasteiger partial charge in [-0.2, -0.15) is 0 Å². The molecule has 0 bridgehead atoms. The Morgan fingerprint density at radius 3 is 2.88 bits per heavy atom. The Morgan fingerprint density at radius 1 is 1.47 bits per heavy atom. The molecule has 0 atom stereocenters. The standard InChI is InChI=1S/C14H14O3/c1-9-7-10-3-2-4-11(13(10)17-9)14(5-6-14)8-12(15)16/h2-4,7H,5-6,8H2,1H3,(H,15,16). The monoisotopic (exact) mass is 230 g/mol. The number of hydrogen-bond acceptors (Lipinski definition) is 2. The van der Waals surface area contributed by atoms with Crippen molar-refractivity contribution in [2.24, 2.45) is 0 Å². The zero-order valence-corrected chi connectivity index (χ0v) is 9.69. The first-order valence-electron chi connectivity index (χ1n) is 5.82. The smallest absolute Gasteiger partial charge is 0.304 e. The molecule has 3 nitrogen and oxygen atoms in total. The maximum absolute atomic E-state index is 10.9. The van der Waals surface area contributed by atoms with Gasteiger partial charge in [0, 0.05) is 16.4 Å². The lowest BCUT2D eigenvalue weighted by atomic mass is 9.91. The number of carbonyl (C=O) groups is 1. The van der Waals surface area contributed by atoms with E-state index in [2.05, 4.69) is 0 Å². The first kappa shape index (κ1) is 10.4. The highest BCUT2D eigenvalue weighted by Gasteiger charge is 2.47. The third kappa shape index (κ3) is 1.62. The summed E-state index contributed by atoms with van der Waals surface area (Å²) in [6, 6.07) is 7.98. The number of fused-ring (bicyclic) bond motifs is 1. The molecule has 3 rings (SSSR count). The topological polar surface area (TPSA) is 50.4 Å². The molecule has 3 heteroatoms. The van der Waals surface area contributed by atoms with E-state index >= 15 is 0 Å². The highest BCUT2D eigenvalue weighted by atomic mass is 16.4. The van der Waals surface area contributed by atoms with Gasteiger partial charge >= 0.3 is 5.97 Å². The van der Waals surface area contributed by atoms with Crippen LogP contribution in [-0.2, 0) is 10.2 Å². The molecule has 88 valence electrons.